The van der Waals surface area contributed by atoms with Crippen molar-refractivity contribution in [2.75, 3.05) is 27.2 Å². The van der Waals surface area contributed by atoms with Gasteiger partial charge in [-0.15, -0.1) is 0 Å². The van der Waals surface area contributed by atoms with Crippen LogP contribution in [0.1, 0.15) is 55.9 Å². The Morgan fingerprint density at radius 1 is 1.19 bits per heavy atom. The lowest BCUT2D eigenvalue weighted by molar-refractivity contribution is -0.153. The lowest BCUT2D eigenvalue weighted by Gasteiger charge is -2.50. The lowest BCUT2D eigenvalue weighted by atomic mass is 9.57. The van der Waals surface area contributed by atoms with Gasteiger partial charge < -0.3 is 26.2 Å². The number of ketones is 2. The lowest BCUT2D eigenvalue weighted by Crippen LogP contribution is -2.65. The zero-order valence-electron chi connectivity index (χ0n) is 24.7. The molecule has 0 aliphatic heterocycles. The molecular weight excluding hydrogens is 571 g/mol. The molecule has 1 saturated carbocycles. The number of hydrogen-bond donors (Lipinski definition) is 5. The van der Waals surface area contributed by atoms with Gasteiger partial charge in [0.15, 0.2) is 11.4 Å². The molecule has 1 amide bonds. The Balaban J connectivity index is 1.93. The number of amides is 1. The highest BCUT2D eigenvalue weighted by Gasteiger charge is 2.64. The first-order chi connectivity index (χ1) is 19.9. The number of rotatable bonds is 8. The Labute approximate surface area is 247 Å². The van der Waals surface area contributed by atoms with Crippen molar-refractivity contribution >= 4 is 23.2 Å². The van der Waals surface area contributed by atoms with Crippen molar-refractivity contribution in [3.8, 4) is 5.75 Å². The van der Waals surface area contributed by atoms with Crippen LogP contribution in [0.3, 0.4) is 0 Å². The van der Waals surface area contributed by atoms with Crippen molar-refractivity contribution in [2.24, 2.45) is 23.5 Å². The van der Waals surface area contributed by atoms with Crippen molar-refractivity contribution in [3.63, 3.8) is 0 Å². The van der Waals surface area contributed by atoms with Crippen LogP contribution in [0.15, 0.2) is 23.0 Å². The van der Waals surface area contributed by atoms with Gasteiger partial charge in [0.1, 0.15) is 22.8 Å². The number of aliphatic hydroxyl groups is 3. The van der Waals surface area contributed by atoms with Crippen LogP contribution >= 0.6 is 0 Å². The molecule has 3 aliphatic carbocycles. The molecule has 1 aromatic carbocycles. The van der Waals surface area contributed by atoms with E-state index >= 15 is 0 Å². The second kappa shape index (κ2) is 11.3. The third-order valence-electron chi connectivity index (χ3n) is 8.95. The number of fused-ring (bicyclic) bond motifs is 3. The largest absolute Gasteiger partial charge is 0.508 e. The number of hydrogen-bond acceptors (Lipinski definition) is 9. The van der Waals surface area contributed by atoms with Crippen LogP contribution in [0.4, 0.5) is 13.2 Å². The zero-order chi connectivity index (χ0) is 32.3. The number of Topliss-reactive ketones (excluding diaryl/α,β-unsaturated/α-hetero) is 2. The fourth-order valence-electron chi connectivity index (χ4n) is 6.89. The number of aromatic hydroxyl groups is 1. The Hall–Kier alpha value is -3.42. The molecule has 0 spiro atoms. The van der Waals surface area contributed by atoms with Gasteiger partial charge in [0.05, 0.1) is 17.2 Å². The molecule has 1 aromatic rings. The Morgan fingerprint density at radius 2 is 1.81 bits per heavy atom. The monoisotopic (exact) mass is 609 g/mol. The summed E-state index contributed by atoms with van der Waals surface area (Å²) in [5, 5.41) is 44.8. The van der Waals surface area contributed by atoms with Gasteiger partial charge in [0.2, 0.25) is 5.78 Å². The summed E-state index contributed by atoms with van der Waals surface area (Å²) in [5.74, 6) is -8.67. The fourth-order valence-corrected chi connectivity index (χ4v) is 6.89. The Morgan fingerprint density at radius 3 is 2.33 bits per heavy atom. The number of nitrogens with two attached hydrogens (primary N) is 1. The number of aliphatic hydroxyl groups excluding tert-OH is 2. The molecular formula is C30H38F3N3O7. The van der Waals surface area contributed by atoms with E-state index in [1.165, 1.54) is 19.0 Å². The van der Waals surface area contributed by atoms with Crippen LogP contribution in [0.2, 0.25) is 0 Å². The number of likely N-dealkylation sites (N-methyl/N-ethyl adjacent to an activating group) is 1. The van der Waals surface area contributed by atoms with Gasteiger partial charge in [-0.25, -0.2) is 0 Å². The minimum atomic E-state index is -4.88. The van der Waals surface area contributed by atoms with Crippen molar-refractivity contribution in [3.05, 3.63) is 45.2 Å². The van der Waals surface area contributed by atoms with E-state index in [0.717, 1.165) is 12.5 Å². The summed E-state index contributed by atoms with van der Waals surface area (Å²) in [4.78, 5) is 42.4. The van der Waals surface area contributed by atoms with E-state index in [0.29, 0.717) is 19.0 Å². The normalized spacial score (nSPS) is 25.9. The van der Waals surface area contributed by atoms with Crippen molar-refractivity contribution < 1.29 is 48.0 Å². The Kier molecular flexibility index (Phi) is 8.50. The highest BCUT2D eigenvalue weighted by molar-refractivity contribution is 6.24. The number of halogens is 3. The first-order valence-corrected chi connectivity index (χ1v) is 14.2. The molecule has 10 nitrogen and oxygen atoms in total. The molecule has 13 heteroatoms. The SMILES string of the molecule is CCN(CCC(C)C)Cc1cc(O)c2c(c1C(F)(F)F)C[C@H]1C[C@H]3[C@H](N(C)C)C(=O)C(C(N)=O)=C(O)[C@@]3(O)C(=O)C1=C2O. The van der Waals surface area contributed by atoms with Gasteiger partial charge in [0.25, 0.3) is 5.91 Å². The summed E-state index contributed by atoms with van der Waals surface area (Å²) < 4.78 is 44.2. The minimum Gasteiger partial charge on any atom is -0.508 e. The topological polar surface area (TPSA) is 165 Å². The van der Waals surface area contributed by atoms with Gasteiger partial charge in [-0.2, -0.15) is 13.2 Å². The molecule has 3 aliphatic rings. The summed E-state index contributed by atoms with van der Waals surface area (Å²) in [5.41, 5.74) is -1.22. The number of nitrogens with zero attached hydrogens (tertiary/aromatic N) is 2. The Bertz CT molecular complexity index is 1430. The maximum Gasteiger partial charge on any atom is 0.417 e. The van der Waals surface area contributed by atoms with E-state index in [1.807, 2.05) is 25.7 Å². The summed E-state index contributed by atoms with van der Waals surface area (Å²) in [6, 6.07) is -0.399. The highest BCUT2D eigenvalue weighted by Crippen LogP contribution is 2.54. The number of phenolic OH excluding ortho intramolecular Hbond substituents is 1. The number of alkyl halides is 3. The third-order valence-corrected chi connectivity index (χ3v) is 8.95. The molecule has 43 heavy (non-hydrogen) atoms. The van der Waals surface area contributed by atoms with Crippen molar-refractivity contribution in [2.45, 2.75) is 64.4 Å². The summed E-state index contributed by atoms with van der Waals surface area (Å²) in [6.45, 7) is 6.70. The summed E-state index contributed by atoms with van der Waals surface area (Å²) in [7, 11) is 2.89. The van der Waals surface area contributed by atoms with Gasteiger partial charge in [-0.05, 0) is 75.5 Å². The molecule has 1 fully saturated rings. The molecule has 0 heterocycles. The zero-order valence-corrected chi connectivity index (χ0v) is 24.7. The second-order valence-corrected chi connectivity index (χ2v) is 12.3. The molecule has 4 atom stereocenters. The molecule has 6 N–H and O–H groups in total. The standard InChI is InChI=1S/C30H38F3N3O7/c1-6-36(8-7-13(2)3)12-15-11-18(37)20-16(22(15)30(31,32)33)9-14-10-17-23(35(4)5)25(39)21(28(34)42)27(41)29(17,43)26(40)19(14)24(20)38/h11,13-14,17,23,37-38,41,43H,6-10,12H2,1-5H3,(H2,34,42)/t14-,17-,23-,29-/m0/s1. The number of phenols is 1. The average molecular weight is 610 g/mol. The maximum absolute atomic E-state index is 14.7. The molecule has 0 unspecified atom stereocenters. The summed E-state index contributed by atoms with van der Waals surface area (Å²) >= 11 is 0. The molecule has 0 bridgehead atoms. The molecule has 0 saturated heterocycles. The smallest absolute Gasteiger partial charge is 0.417 e. The number of primary amides is 1. The molecule has 0 aromatic heterocycles. The summed E-state index contributed by atoms with van der Waals surface area (Å²) in [6.07, 6.45) is -4.88. The maximum atomic E-state index is 14.7. The number of benzene rings is 1. The van der Waals surface area contributed by atoms with Crippen LogP contribution in [-0.4, -0.2) is 86.5 Å². The average Bonchev–Trinajstić information content (AvgIpc) is 2.87. The van der Waals surface area contributed by atoms with Gasteiger partial charge in [0, 0.05) is 18.0 Å². The van der Waals surface area contributed by atoms with E-state index in [1.54, 1.807) is 0 Å². The number of carbonyl (C=O) groups excluding carboxylic acids is 3. The van der Waals surface area contributed by atoms with Crippen molar-refractivity contribution in [1.82, 2.24) is 9.80 Å². The van der Waals surface area contributed by atoms with Gasteiger partial charge >= 0.3 is 6.18 Å². The third kappa shape index (κ3) is 5.21. The van der Waals surface area contributed by atoms with Crippen LogP contribution in [0, 0.1) is 17.8 Å². The minimum absolute atomic E-state index is 0.117. The molecule has 4 rings (SSSR count). The van der Waals surface area contributed by atoms with Crippen LogP contribution in [-0.2, 0) is 33.5 Å². The van der Waals surface area contributed by atoms with Crippen LogP contribution in [0.5, 0.6) is 5.75 Å². The van der Waals surface area contributed by atoms with Crippen LogP contribution in [0.25, 0.3) is 5.76 Å². The second-order valence-electron chi connectivity index (χ2n) is 12.3. The van der Waals surface area contributed by atoms with E-state index in [-0.39, 0.29) is 18.5 Å². The number of carbonyl (C=O) groups is 3. The fraction of sp³-hybridized carbons (Fsp3) is 0.567. The van der Waals surface area contributed by atoms with E-state index in [9.17, 15) is 48.0 Å². The highest BCUT2D eigenvalue weighted by atomic mass is 19.4. The quantitative estimate of drug-likeness (QED) is 0.279. The van der Waals surface area contributed by atoms with E-state index in [2.05, 4.69) is 0 Å². The molecule has 0 radical (unpaired) electrons. The predicted molar refractivity (Wildman–Crippen MR) is 150 cm³/mol. The molecule has 236 valence electrons. The van der Waals surface area contributed by atoms with E-state index in [4.69, 9.17) is 5.73 Å². The first kappa shape index (κ1) is 32.5. The van der Waals surface area contributed by atoms with Crippen LogP contribution < -0.4 is 5.73 Å². The van der Waals surface area contributed by atoms with Gasteiger partial charge in [-0.3, -0.25) is 24.2 Å². The van der Waals surface area contributed by atoms with Gasteiger partial charge in [-0.1, -0.05) is 20.8 Å². The van der Waals surface area contributed by atoms with Crippen molar-refractivity contribution in [1.29, 1.82) is 0 Å². The van der Waals surface area contributed by atoms with E-state index < -0.39 is 98.7 Å². The first-order valence-electron chi connectivity index (χ1n) is 14.2. The predicted octanol–water partition coefficient (Wildman–Crippen LogP) is 2.85.